The van der Waals surface area contributed by atoms with E-state index in [1.807, 2.05) is 54.6 Å². The van der Waals surface area contributed by atoms with Gasteiger partial charge in [0.2, 0.25) is 5.95 Å². The van der Waals surface area contributed by atoms with Crippen LogP contribution in [-0.2, 0) is 19.3 Å². The molecule has 0 radical (unpaired) electrons. The maximum absolute atomic E-state index is 13.1. The van der Waals surface area contributed by atoms with Crippen molar-refractivity contribution in [2.45, 2.75) is 19.3 Å². The van der Waals surface area contributed by atoms with Crippen molar-refractivity contribution in [2.24, 2.45) is 0 Å². The summed E-state index contributed by atoms with van der Waals surface area (Å²) in [6, 6.07) is 22.6. The van der Waals surface area contributed by atoms with Gasteiger partial charge in [-0.3, -0.25) is 0 Å². The number of imidazole rings is 2. The number of fused-ring (bicyclic) bond motifs is 3. The number of hydrogen-bond donors (Lipinski definition) is 3. The molecule has 0 aliphatic carbocycles. The number of aromatic amines is 1. The summed E-state index contributed by atoms with van der Waals surface area (Å²) in [6.07, 6.45) is -1.09. The molecule has 12 heteroatoms. The molecule has 0 saturated heterocycles. The lowest BCUT2D eigenvalue weighted by Gasteiger charge is -2.12. The third kappa shape index (κ3) is 4.94. The first kappa shape index (κ1) is 25.4. The fourth-order valence-corrected chi connectivity index (χ4v) is 4.82. The summed E-state index contributed by atoms with van der Waals surface area (Å²) in [6.45, 7) is 0.610. The van der Waals surface area contributed by atoms with Gasteiger partial charge in [0.15, 0.2) is 17.0 Å². The van der Waals surface area contributed by atoms with Gasteiger partial charge in [0, 0.05) is 11.6 Å². The molecule has 0 amide bonds. The maximum Gasteiger partial charge on any atom is 0.416 e. The molecule has 7 rings (SSSR count). The number of alkyl halides is 3. The third-order valence-electron chi connectivity index (χ3n) is 6.86. The van der Waals surface area contributed by atoms with Gasteiger partial charge in [-0.2, -0.15) is 23.1 Å². The van der Waals surface area contributed by atoms with Gasteiger partial charge in [0.05, 0.1) is 36.0 Å². The third-order valence-corrected chi connectivity index (χ3v) is 6.86. The van der Waals surface area contributed by atoms with Gasteiger partial charge in [-0.15, -0.1) is 0 Å². The first-order valence-corrected chi connectivity index (χ1v) is 13.1. The molecule has 0 fully saturated rings. The van der Waals surface area contributed by atoms with E-state index in [1.54, 1.807) is 17.1 Å². The molecule has 7 aromatic rings. The predicted octanol–water partition coefficient (Wildman–Crippen LogP) is 6.67. The summed E-state index contributed by atoms with van der Waals surface area (Å²) in [4.78, 5) is 26.4. The quantitative estimate of drug-likeness (QED) is 0.198. The summed E-state index contributed by atoms with van der Waals surface area (Å²) in [7, 11) is 0. The number of aromatic nitrogens is 7. The average Bonchev–Trinajstić information content (AvgIpc) is 3.60. The molecule has 0 spiro atoms. The van der Waals surface area contributed by atoms with Crippen molar-refractivity contribution in [3.8, 4) is 0 Å². The van der Waals surface area contributed by atoms with Crippen molar-refractivity contribution in [2.75, 3.05) is 10.6 Å². The number of para-hydroxylation sites is 2. The summed E-state index contributed by atoms with van der Waals surface area (Å²) < 4.78 is 41.0. The molecule has 9 nitrogen and oxygen atoms in total. The fourth-order valence-electron chi connectivity index (χ4n) is 4.82. The Labute approximate surface area is 236 Å². The second-order valence-corrected chi connectivity index (χ2v) is 9.70. The molecule has 0 bridgehead atoms. The zero-order valence-corrected chi connectivity index (χ0v) is 21.9. The Balaban J connectivity index is 1.25. The zero-order chi connectivity index (χ0) is 28.7. The lowest BCUT2D eigenvalue weighted by molar-refractivity contribution is -0.137. The molecule has 3 N–H and O–H groups in total. The number of hydrogen-bond acceptors (Lipinski definition) is 7. The average molecular weight is 566 g/mol. The minimum atomic E-state index is -4.40. The van der Waals surface area contributed by atoms with Gasteiger partial charge in [0.1, 0.15) is 11.6 Å². The van der Waals surface area contributed by atoms with Crippen molar-refractivity contribution in [1.29, 1.82) is 0 Å². The normalized spacial score (nSPS) is 11.9. The first-order valence-electron chi connectivity index (χ1n) is 13.1. The fraction of sp³-hybridized carbons (Fsp3) is 0.100. The summed E-state index contributed by atoms with van der Waals surface area (Å²) in [5, 5.41) is 8.47. The Hall–Kier alpha value is -5.52. The predicted molar refractivity (Wildman–Crippen MR) is 154 cm³/mol. The Morgan fingerprint density at radius 3 is 2.45 bits per heavy atom. The van der Waals surface area contributed by atoms with Crippen molar-refractivity contribution in [1.82, 2.24) is 34.5 Å². The number of halogens is 3. The molecule has 0 atom stereocenters. The smallest absolute Gasteiger partial charge is 0.361 e. The number of benzene rings is 3. The van der Waals surface area contributed by atoms with Crippen LogP contribution in [0.5, 0.6) is 0 Å². The highest BCUT2D eigenvalue weighted by Gasteiger charge is 2.30. The van der Waals surface area contributed by atoms with E-state index in [-0.39, 0.29) is 12.5 Å². The molecule has 42 heavy (non-hydrogen) atoms. The Bertz CT molecular complexity index is 2010. The van der Waals surface area contributed by atoms with E-state index in [0.29, 0.717) is 34.9 Å². The summed E-state index contributed by atoms with van der Waals surface area (Å²) in [5.41, 5.74) is 2.76. The van der Waals surface area contributed by atoms with Crippen LogP contribution in [0.3, 0.4) is 0 Å². The largest absolute Gasteiger partial charge is 0.416 e. The van der Waals surface area contributed by atoms with Crippen LogP contribution in [0.4, 0.5) is 30.8 Å². The van der Waals surface area contributed by atoms with E-state index >= 15 is 0 Å². The monoisotopic (exact) mass is 565 g/mol. The van der Waals surface area contributed by atoms with Gasteiger partial charge in [-0.25, -0.2) is 15.0 Å². The van der Waals surface area contributed by atoms with E-state index in [2.05, 4.69) is 30.6 Å². The summed E-state index contributed by atoms with van der Waals surface area (Å²) in [5.74, 6) is 2.06. The molecule has 4 heterocycles. The van der Waals surface area contributed by atoms with Crippen LogP contribution in [0.25, 0.3) is 33.0 Å². The van der Waals surface area contributed by atoms with E-state index in [1.165, 1.54) is 12.1 Å². The minimum Gasteiger partial charge on any atom is -0.361 e. The standard InChI is InChI=1S/C30H22F3N9/c31-30(32,33)20-11-9-18(10-12-20)16-42-17-36-25-27(35-15-24-37-22-7-3-4-8-23(22)38-24)40-29(41-28(25)42)39-26-21-6-2-1-5-19(21)13-14-34-26/h1-14,17H,15-16H2,(H,37,38)(H2,34,35,39,40,41). The molecule has 0 aliphatic rings. The van der Waals surface area contributed by atoms with Crippen LogP contribution in [0.2, 0.25) is 0 Å². The van der Waals surface area contributed by atoms with Crippen LogP contribution >= 0.6 is 0 Å². The molecule has 208 valence electrons. The van der Waals surface area contributed by atoms with Crippen LogP contribution in [0.15, 0.2) is 91.4 Å². The van der Waals surface area contributed by atoms with Crippen molar-refractivity contribution >= 4 is 50.6 Å². The topological polar surface area (TPSA) is 109 Å². The zero-order valence-electron chi connectivity index (χ0n) is 21.9. The molecule has 3 aromatic carbocycles. The van der Waals surface area contributed by atoms with Crippen LogP contribution in [0, 0.1) is 0 Å². The SMILES string of the molecule is FC(F)(F)c1ccc(Cn2cnc3c(NCc4nc5ccccc5[nH]4)nc(Nc4nccc5ccccc45)nc32)cc1. The number of H-pyrrole nitrogens is 1. The van der Waals surface area contributed by atoms with Crippen LogP contribution in [0.1, 0.15) is 17.0 Å². The van der Waals surface area contributed by atoms with E-state index in [4.69, 9.17) is 9.97 Å². The van der Waals surface area contributed by atoms with Gasteiger partial charge in [-0.1, -0.05) is 48.5 Å². The maximum atomic E-state index is 13.1. The Morgan fingerprint density at radius 1 is 0.810 bits per heavy atom. The van der Waals surface area contributed by atoms with Gasteiger partial charge >= 0.3 is 6.18 Å². The highest BCUT2D eigenvalue weighted by Crippen LogP contribution is 2.30. The molecule has 0 aliphatic heterocycles. The second kappa shape index (κ2) is 10.1. The van der Waals surface area contributed by atoms with E-state index in [9.17, 15) is 13.2 Å². The highest BCUT2D eigenvalue weighted by molar-refractivity contribution is 5.93. The molecule has 4 aromatic heterocycles. The minimum absolute atomic E-state index is 0.265. The molecular weight excluding hydrogens is 543 g/mol. The Kier molecular flexibility index (Phi) is 6.15. The van der Waals surface area contributed by atoms with Gasteiger partial charge < -0.3 is 20.2 Å². The Morgan fingerprint density at radius 2 is 1.62 bits per heavy atom. The van der Waals surface area contributed by atoms with E-state index in [0.717, 1.165) is 39.8 Å². The van der Waals surface area contributed by atoms with E-state index < -0.39 is 11.7 Å². The number of nitrogens with zero attached hydrogens (tertiary/aromatic N) is 6. The lowest BCUT2D eigenvalue weighted by Crippen LogP contribution is -2.09. The van der Waals surface area contributed by atoms with Crippen molar-refractivity contribution in [3.63, 3.8) is 0 Å². The summed E-state index contributed by atoms with van der Waals surface area (Å²) >= 11 is 0. The lowest BCUT2D eigenvalue weighted by atomic mass is 10.1. The van der Waals surface area contributed by atoms with Crippen LogP contribution in [-0.4, -0.2) is 34.5 Å². The van der Waals surface area contributed by atoms with Crippen LogP contribution < -0.4 is 10.6 Å². The number of rotatable bonds is 7. The van der Waals surface area contributed by atoms with Crippen molar-refractivity contribution in [3.05, 3.63) is 108 Å². The molecule has 0 unspecified atom stereocenters. The second-order valence-electron chi connectivity index (χ2n) is 9.70. The number of nitrogens with one attached hydrogen (secondary N) is 3. The highest BCUT2D eigenvalue weighted by atomic mass is 19.4. The van der Waals surface area contributed by atoms with Gasteiger partial charge in [0.25, 0.3) is 0 Å². The molecular formula is C30H22F3N9. The van der Waals surface area contributed by atoms with Crippen molar-refractivity contribution < 1.29 is 13.2 Å². The van der Waals surface area contributed by atoms with Gasteiger partial charge in [-0.05, 0) is 41.3 Å². The molecule has 0 saturated carbocycles. The first-order chi connectivity index (χ1) is 20.4. The number of pyridine rings is 1. The number of anilines is 3.